The first-order chi connectivity index (χ1) is 10.8. The van der Waals surface area contributed by atoms with Crippen molar-refractivity contribution in [3.63, 3.8) is 0 Å². The summed E-state index contributed by atoms with van der Waals surface area (Å²) in [6.07, 6.45) is -5.07. The predicted octanol–water partition coefficient (Wildman–Crippen LogP) is 2.73. The normalized spacial score (nSPS) is 19.3. The van der Waals surface area contributed by atoms with E-state index in [4.69, 9.17) is 0 Å². The third-order valence-electron chi connectivity index (χ3n) is 4.70. The van der Waals surface area contributed by atoms with Gasteiger partial charge in [0.15, 0.2) is 5.60 Å². The van der Waals surface area contributed by atoms with E-state index >= 15 is 0 Å². The summed E-state index contributed by atoms with van der Waals surface area (Å²) in [7, 11) is 0. The van der Waals surface area contributed by atoms with Gasteiger partial charge in [0.05, 0.1) is 11.0 Å². The highest BCUT2D eigenvalue weighted by atomic mass is 19.4. The van der Waals surface area contributed by atoms with Crippen LogP contribution in [0.4, 0.5) is 13.2 Å². The van der Waals surface area contributed by atoms with Crippen LogP contribution in [0.25, 0.3) is 11.0 Å². The van der Waals surface area contributed by atoms with Crippen LogP contribution in [-0.4, -0.2) is 51.0 Å². The van der Waals surface area contributed by atoms with E-state index in [0.29, 0.717) is 13.1 Å². The van der Waals surface area contributed by atoms with Crippen molar-refractivity contribution >= 4 is 11.0 Å². The number of rotatable bonds is 3. The maximum Gasteiger partial charge on any atom is 0.417 e. The molecular weight excluding hydrogens is 307 g/mol. The Morgan fingerprint density at radius 1 is 1.17 bits per heavy atom. The molecule has 2 heterocycles. The topological polar surface area (TPSA) is 41.3 Å². The number of fused-ring (bicyclic) bond motifs is 1. The van der Waals surface area contributed by atoms with E-state index in [-0.39, 0.29) is 25.9 Å². The molecule has 0 bridgehead atoms. The fourth-order valence-corrected chi connectivity index (χ4v) is 3.15. The number of benzene rings is 1. The second-order valence-electron chi connectivity index (χ2n) is 6.17. The van der Waals surface area contributed by atoms with Gasteiger partial charge in [-0.3, -0.25) is 0 Å². The molecule has 1 N–H and O–H groups in total. The van der Waals surface area contributed by atoms with Crippen molar-refractivity contribution in [2.24, 2.45) is 0 Å². The summed E-state index contributed by atoms with van der Waals surface area (Å²) in [6.45, 7) is 3.76. The maximum atomic E-state index is 12.8. The van der Waals surface area contributed by atoms with Crippen LogP contribution in [0.15, 0.2) is 24.3 Å². The minimum absolute atomic E-state index is 0.252. The molecule has 3 rings (SSSR count). The number of likely N-dealkylation sites (tertiary alicyclic amines) is 1. The van der Waals surface area contributed by atoms with Gasteiger partial charge in [0, 0.05) is 26.2 Å². The highest BCUT2D eigenvalue weighted by Gasteiger charge is 2.54. The zero-order valence-electron chi connectivity index (χ0n) is 13.0. The van der Waals surface area contributed by atoms with E-state index in [1.165, 1.54) is 0 Å². The number of alkyl halides is 3. The van der Waals surface area contributed by atoms with Gasteiger partial charge in [-0.1, -0.05) is 12.1 Å². The summed E-state index contributed by atoms with van der Waals surface area (Å²) in [4.78, 5) is 6.45. The van der Waals surface area contributed by atoms with Crippen LogP contribution in [0.5, 0.6) is 0 Å². The second kappa shape index (κ2) is 5.79. The molecule has 0 unspecified atom stereocenters. The van der Waals surface area contributed by atoms with Crippen LogP contribution in [-0.2, 0) is 6.54 Å². The van der Waals surface area contributed by atoms with Crippen molar-refractivity contribution in [1.82, 2.24) is 14.5 Å². The molecule has 126 valence electrons. The van der Waals surface area contributed by atoms with Gasteiger partial charge in [0.25, 0.3) is 0 Å². The first-order valence-electron chi connectivity index (χ1n) is 7.73. The molecule has 1 saturated heterocycles. The van der Waals surface area contributed by atoms with E-state index in [1.807, 2.05) is 36.1 Å². The van der Waals surface area contributed by atoms with Gasteiger partial charge in [-0.05, 0) is 31.9 Å². The molecule has 0 radical (unpaired) electrons. The molecule has 0 saturated carbocycles. The number of piperidine rings is 1. The Bertz CT molecular complexity index is 687. The Morgan fingerprint density at radius 2 is 1.83 bits per heavy atom. The van der Waals surface area contributed by atoms with E-state index in [2.05, 4.69) is 9.55 Å². The molecule has 0 spiro atoms. The van der Waals surface area contributed by atoms with Gasteiger partial charge < -0.3 is 14.6 Å². The minimum atomic E-state index is -4.55. The molecule has 1 fully saturated rings. The SMILES string of the molecule is Cc1nc2ccccc2n1CCN1CCC(O)(C(F)(F)F)CC1. The molecule has 23 heavy (non-hydrogen) atoms. The number of aryl methyl sites for hydroxylation is 1. The highest BCUT2D eigenvalue weighted by Crippen LogP contribution is 2.38. The molecule has 7 heteroatoms. The van der Waals surface area contributed by atoms with Gasteiger partial charge in [0.2, 0.25) is 0 Å². The predicted molar refractivity (Wildman–Crippen MR) is 81.1 cm³/mol. The first-order valence-corrected chi connectivity index (χ1v) is 7.73. The summed E-state index contributed by atoms with van der Waals surface area (Å²) in [6, 6.07) is 7.82. The standard InChI is InChI=1S/C16H20F3N3O/c1-12-20-13-4-2-3-5-14(13)22(12)11-10-21-8-6-15(23,7-9-21)16(17,18)19/h2-5,23H,6-11H2,1H3. The van der Waals surface area contributed by atoms with Crippen LogP contribution >= 0.6 is 0 Å². The van der Waals surface area contributed by atoms with Gasteiger partial charge in [-0.2, -0.15) is 13.2 Å². The molecule has 0 aliphatic carbocycles. The Balaban J connectivity index is 1.63. The Kier molecular flexibility index (Phi) is 4.10. The lowest BCUT2D eigenvalue weighted by Gasteiger charge is -2.39. The summed E-state index contributed by atoms with van der Waals surface area (Å²) < 4.78 is 40.5. The fourth-order valence-electron chi connectivity index (χ4n) is 3.15. The lowest BCUT2D eigenvalue weighted by Crippen LogP contribution is -2.53. The maximum absolute atomic E-state index is 12.8. The zero-order chi connectivity index (χ0) is 16.7. The minimum Gasteiger partial charge on any atom is -0.380 e. The largest absolute Gasteiger partial charge is 0.417 e. The molecular formula is C16H20F3N3O. The van der Waals surface area contributed by atoms with Crippen LogP contribution in [0.3, 0.4) is 0 Å². The summed E-state index contributed by atoms with van der Waals surface area (Å²) in [5.74, 6) is 0.898. The monoisotopic (exact) mass is 327 g/mol. The quantitative estimate of drug-likeness (QED) is 0.942. The first kappa shape index (κ1) is 16.3. The molecule has 1 aromatic carbocycles. The number of aromatic nitrogens is 2. The molecule has 0 amide bonds. The lowest BCUT2D eigenvalue weighted by molar-refractivity contribution is -0.272. The second-order valence-corrected chi connectivity index (χ2v) is 6.17. The van der Waals surface area contributed by atoms with Gasteiger partial charge in [0.1, 0.15) is 5.82 Å². The van der Waals surface area contributed by atoms with Crippen molar-refractivity contribution in [3.8, 4) is 0 Å². The van der Waals surface area contributed by atoms with E-state index in [0.717, 1.165) is 16.9 Å². The van der Waals surface area contributed by atoms with Gasteiger partial charge in [-0.15, -0.1) is 0 Å². The van der Waals surface area contributed by atoms with Crippen LogP contribution in [0, 0.1) is 6.92 Å². The van der Waals surface area contributed by atoms with Gasteiger partial charge >= 0.3 is 6.18 Å². The number of para-hydroxylation sites is 2. The van der Waals surface area contributed by atoms with E-state index < -0.39 is 11.8 Å². The van der Waals surface area contributed by atoms with Crippen molar-refractivity contribution in [2.75, 3.05) is 19.6 Å². The van der Waals surface area contributed by atoms with Crippen LogP contribution in [0.1, 0.15) is 18.7 Å². The van der Waals surface area contributed by atoms with Crippen LogP contribution < -0.4 is 0 Å². The Labute approximate surface area is 132 Å². The van der Waals surface area contributed by atoms with Gasteiger partial charge in [-0.25, -0.2) is 4.98 Å². The number of hydrogen-bond acceptors (Lipinski definition) is 3. The third kappa shape index (κ3) is 3.07. The fraction of sp³-hybridized carbons (Fsp3) is 0.562. The molecule has 4 nitrogen and oxygen atoms in total. The molecule has 1 aromatic heterocycles. The number of aliphatic hydroxyl groups is 1. The number of halogens is 3. The summed E-state index contributed by atoms with van der Waals surface area (Å²) >= 11 is 0. The average molecular weight is 327 g/mol. The third-order valence-corrected chi connectivity index (χ3v) is 4.70. The molecule has 2 aromatic rings. The van der Waals surface area contributed by atoms with Crippen LogP contribution in [0.2, 0.25) is 0 Å². The number of imidazole rings is 1. The smallest absolute Gasteiger partial charge is 0.380 e. The number of hydrogen-bond donors (Lipinski definition) is 1. The van der Waals surface area contributed by atoms with Crippen molar-refractivity contribution < 1.29 is 18.3 Å². The zero-order valence-corrected chi connectivity index (χ0v) is 13.0. The van der Waals surface area contributed by atoms with Crippen molar-refractivity contribution in [1.29, 1.82) is 0 Å². The lowest BCUT2D eigenvalue weighted by atomic mass is 9.91. The molecule has 0 atom stereocenters. The average Bonchev–Trinajstić information content (AvgIpc) is 2.81. The Hall–Kier alpha value is -1.60. The van der Waals surface area contributed by atoms with E-state index in [1.54, 1.807) is 0 Å². The molecule has 1 aliphatic rings. The van der Waals surface area contributed by atoms with Crippen molar-refractivity contribution in [2.45, 2.75) is 38.1 Å². The highest BCUT2D eigenvalue weighted by molar-refractivity contribution is 5.75. The number of nitrogens with zero attached hydrogens (tertiary/aromatic N) is 3. The van der Waals surface area contributed by atoms with E-state index in [9.17, 15) is 18.3 Å². The molecule has 1 aliphatic heterocycles. The summed E-state index contributed by atoms with van der Waals surface area (Å²) in [5, 5.41) is 9.70. The summed E-state index contributed by atoms with van der Waals surface area (Å²) in [5.41, 5.74) is -0.565. The van der Waals surface area contributed by atoms with Crippen molar-refractivity contribution in [3.05, 3.63) is 30.1 Å². The Morgan fingerprint density at radius 3 is 2.48 bits per heavy atom.